The van der Waals surface area contributed by atoms with Crippen molar-refractivity contribution in [3.63, 3.8) is 0 Å². The van der Waals surface area contributed by atoms with Crippen LogP contribution < -0.4 is 38.9 Å². The molecule has 2 aromatic rings. The summed E-state index contributed by atoms with van der Waals surface area (Å²) in [4.78, 5) is 58.8. The zero-order chi connectivity index (χ0) is 31.8. The highest BCUT2D eigenvalue weighted by molar-refractivity contribution is 7.98. The van der Waals surface area contributed by atoms with Crippen LogP contribution in [0.1, 0.15) is 44.1 Å². The van der Waals surface area contributed by atoms with E-state index in [1.54, 1.807) is 6.20 Å². The van der Waals surface area contributed by atoms with Crippen molar-refractivity contribution in [2.24, 2.45) is 27.9 Å². The van der Waals surface area contributed by atoms with Crippen molar-refractivity contribution in [3.05, 3.63) is 36.0 Å². The lowest BCUT2D eigenvalue weighted by Gasteiger charge is -2.25. The normalized spacial score (nSPS) is 13.8. The number of fused-ring (bicyclic) bond motifs is 1. The molecule has 2 rings (SSSR count). The number of carbonyl (C=O) groups is 4. The molecular weight excluding hydrogens is 574 g/mol. The fourth-order valence-electron chi connectivity index (χ4n) is 4.46. The summed E-state index contributed by atoms with van der Waals surface area (Å²) in [5.74, 6) is -2.50. The molecular formula is C28H45N9O5S. The molecule has 0 aliphatic carbocycles. The minimum absolute atomic E-state index is 0.0695. The van der Waals surface area contributed by atoms with Crippen LogP contribution in [-0.4, -0.2) is 89.0 Å². The van der Waals surface area contributed by atoms with Crippen molar-refractivity contribution < 1.29 is 24.3 Å². The molecule has 13 N–H and O–H groups in total. The van der Waals surface area contributed by atoms with E-state index in [1.807, 2.05) is 30.5 Å². The number of aliphatic carboxylic acids is 1. The third kappa shape index (κ3) is 12.1. The Morgan fingerprint density at radius 2 is 1.60 bits per heavy atom. The maximum absolute atomic E-state index is 13.5. The van der Waals surface area contributed by atoms with Crippen LogP contribution in [0, 0.1) is 0 Å². The Balaban J connectivity index is 2.25. The molecule has 14 nitrogen and oxygen atoms in total. The summed E-state index contributed by atoms with van der Waals surface area (Å²) in [7, 11) is 0. The van der Waals surface area contributed by atoms with Gasteiger partial charge in [-0.2, -0.15) is 11.8 Å². The van der Waals surface area contributed by atoms with Crippen LogP contribution in [0.15, 0.2) is 35.5 Å². The zero-order valence-corrected chi connectivity index (χ0v) is 25.3. The lowest BCUT2D eigenvalue weighted by Crippen LogP contribution is -2.57. The number of para-hydroxylation sites is 1. The first-order valence-corrected chi connectivity index (χ1v) is 15.7. The van der Waals surface area contributed by atoms with Gasteiger partial charge in [-0.25, -0.2) is 4.79 Å². The van der Waals surface area contributed by atoms with E-state index in [0.29, 0.717) is 38.0 Å². The van der Waals surface area contributed by atoms with Gasteiger partial charge in [0.2, 0.25) is 17.7 Å². The number of carbonyl (C=O) groups excluding carboxylic acids is 3. The number of nitrogens with two attached hydrogens (primary N) is 4. The van der Waals surface area contributed by atoms with Gasteiger partial charge >= 0.3 is 5.97 Å². The van der Waals surface area contributed by atoms with Crippen molar-refractivity contribution >= 4 is 52.3 Å². The fraction of sp³-hybridized carbons (Fsp3) is 0.536. The summed E-state index contributed by atoms with van der Waals surface area (Å²) in [6.07, 6.45) is 6.20. The number of nitrogens with one attached hydrogen (secondary N) is 4. The molecule has 0 radical (unpaired) electrons. The lowest BCUT2D eigenvalue weighted by atomic mass is 10.0. The van der Waals surface area contributed by atoms with Gasteiger partial charge < -0.3 is 49.0 Å². The maximum Gasteiger partial charge on any atom is 0.326 e. The molecule has 0 saturated heterocycles. The number of carboxylic acid groups (broad SMARTS) is 1. The summed E-state index contributed by atoms with van der Waals surface area (Å²) in [6.45, 7) is 0.689. The Morgan fingerprint density at radius 3 is 2.28 bits per heavy atom. The zero-order valence-electron chi connectivity index (χ0n) is 24.5. The van der Waals surface area contributed by atoms with E-state index >= 15 is 0 Å². The minimum atomic E-state index is -1.23. The van der Waals surface area contributed by atoms with Gasteiger partial charge in [0.1, 0.15) is 18.1 Å². The van der Waals surface area contributed by atoms with Gasteiger partial charge in [-0.15, -0.1) is 0 Å². The number of carboxylic acids is 1. The molecule has 0 aliphatic heterocycles. The molecule has 0 saturated carbocycles. The SMILES string of the molecule is CSCCC(NC(=O)C(N)CCCCN)C(=O)NC(Cc1c[nH]c2ccccc12)C(=O)NC(CCCN=C(N)N)C(=O)O. The monoisotopic (exact) mass is 619 g/mol. The Labute approximate surface area is 255 Å². The number of amides is 3. The molecule has 1 heterocycles. The highest BCUT2D eigenvalue weighted by Gasteiger charge is 2.31. The van der Waals surface area contributed by atoms with Crippen LogP contribution in [-0.2, 0) is 25.6 Å². The van der Waals surface area contributed by atoms with Crippen molar-refractivity contribution in [1.82, 2.24) is 20.9 Å². The predicted octanol–water partition coefficient (Wildman–Crippen LogP) is -0.488. The summed E-state index contributed by atoms with van der Waals surface area (Å²) in [5, 5.41) is 18.6. The first-order valence-electron chi connectivity index (χ1n) is 14.3. The Kier molecular flexibility index (Phi) is 15.4. The van der Waals surface area contributed by atoms with E-state index in [2.05, 4.69) is 25.9 Å². The van der Waals surface area contributed by atoms with Crippen LogP contribution in [0.4, 0.5) is 0 Å². The number of hydrogen-bond acceptors (Lipinski definition) is 8. The van der Waals surface area contributed by atoms with E-state index in [0.717, 1.165) is 22.9 Å². The summed E-state index contributed by atoms with van der Waals surface area (Å²) < 4.78 is 0. The smallest absolute Gasteiger partial charge is 0.326 e. The predicted molar refractivity (Wildman–Crippen MR) is 169 cm³/mol. The second-order valence-corrected chi connectivity index (χ2v) is 11.2. The molecule has 4 atom stereocenters. The van der Waals surface area contributed by atoms with E-state index in [-0.39, 0.29) is 25.3 Å². The number of aromatic amines is 1. The lowest BCUT2D eigenvalue weighted by molar-refractivity contribution is -0.142. The third-order valence-electron chi connectivity index (χ3n) is 6.84. The molecule has 238 valence electrons. The third-order valence-corrected chi connectivity index (χ3v) is 7.49. The standard InChI is InChI=1S/C28H45N9O5S/c1-43-14-11-21(35-24(38)19(30)8-4-5-12-29)25(39)37-23(15-17-16-34-20-9-3-2-7-18(17)20)26(40)36-22(27(41)42)10-6-13-33-28(31)32/h2-3,7,9,16,19,21-23,34H,4-6,8,10-15,29-30H2,1H3,(H,35,38)(H,36,40)(H,37,39)(H,41,42)(H4,31,32,33). The molecule has 43 heavy (non-hydrogen) atoms. The Morgan fingerprint density at radius 1 is 0.930 bits per heavy atom. The highest BCUT2D eigenvalue weighted by Crippen LogP contribution is 2.19. The van der Waals surface area contributed by atoms with Gasteiger partial charge in [-0.3, -0.25) is 19.4 Å². The maximum atomic E-state index is 13.5. The van der Waals surface area contributed by atoms with Crippen LogP contribution in [0.25, 0.3) is 10.9 Å². The highest BCUT2D eigenvalue weighted by atomic mass is 32.2. The molecule has 15 heteroatoms. The minimum Gasteiger partial charge on any atom is -0.480 e. The molecule has 4 unspecified atom stereocenters. The fourth-order valence-corrected chi connectivity index (χ4v) is 4.93. The van der Waals surface area contributed by atoms with E-state index in [1.165, 1.54) is 11.8 Å². The molecule has 0 aliphatic rings. The van der Waals surface area contributed by atoms with Crippen molar-refractivity contribution in [2.45, 2.75) is 69.1 Å². The van der Waals surface area contributed by atoms with Gasteiger partial charge in [-0.05, 0) is 62.3 Å². The van der Waals surface area contributed by atoms with Gasteiger partial charge in [-0.1, -0.05) is 24.6 Å². The number of hydrogen-bond donors (Lipinski definition) is 9. The number of rotatable bonds is 20. The molecule has 1 aromatic carbocycles. The van der Waals surface area contributed by atoms with Crippen LogP contribution in [0.2, 0.25) is 0 Å². The molecule has 0 fully saturated rings. The van der Waals surface area contributed by atoms with Crippen molar-refractivity contribution in [1.29, 1.82) is 0 Å². The number of benzene rings is 1. The largest absolute Gasteiger partial charge is 0.480 e. The number of guanidine groups is 1. The first-order chi connectivity index (χ1) is 20.6. The molecule has 3 amide bonds. The Hall–Kier alpha value is -3.82. The van der Waals surface area contributed by atoms with Crippen molar-refractivity contribution in [2.75, 3.05) is 25.1 Å². The van der Waals surface area contributed by atoms with Gasteiger partial charge in [0.05, 0.1) is 6.04 Å². The van der Waals surface area contributed by atoms with E-state index in [4.69, 9.17) is 22.9 Å². The summed E-state index contributed by atoms with van der Waals surface area (Å²) in [6, 6.07) is 3.36. The van der Waals surface area contributed by atoms with E-state index < -0.39 is 47.9 Å². The van der Waals surface area contributed by atoms with Crippen molar-refractivity contribution in [3.8, 4) is 0 Å². The van der Waals surface area contributed by atoms with E-state index in [9.17, 15) is 24.3 Å². The second-order valence-electron chi connectivity index (χ2n) is 10.2. The average molecular weight is 620 g/mol. The Bertz CT molecular complexity index is 1230. The molecule has 0 bridgehead atoms. The average Bonchev–Trinajstić information content (AvgIpc) is 3.38. The van der Waals surface area contributed by atoms with Gasteiger partial charge in [0, 0.05) is 30.1 Å². The summed E-state index contributed by atoms with van der Waals surface area (Å²) in [5.41, 5.74) is 23.8. The first kappa shape index (κ1) is 35.4. The number of aromatic nitrogens is 1. The second kappa shape index (κ2) is 18.7. The quantitative estimate of drug-likeness (QED) is 0.0522. The molecule has 1 aromatic heterocycles. The molecule has 0 spiro atoms. The summed E-state index contributed by atoms with van der Waals surface area (Å²) >= 11 is 1.50. The number of nitrogens with zero attached hydrogens (tertiary/aromatic N) is 1. The number of unbranched alkanes of at least 4 members (excludes halogenated alkanes) is 1. The topological polar surface area (TPSA) is 257 Å². The van der Waals surface area contributed by atoms with Gasteiger partial charge in [0.25, 0.3) is 0 Å². The van der Waals surface area contributed by atoms with Crippen LogP contribution >= 0.6 is 11.8 Å². The number of H-pyrrole nitrogens is 1. The van der Waals surface area contributed by atoms with Gasteiger partial charge in [0.15, 0.2) is 5.96 Å². The number of thioether (sulfide) groups is 1. The van der Waals surface area contributed by atoms with Crippen LogP contribution in [0.5, 0.6) is 0 Å². The number of aliphatic imine (C=N–C) groups is 1. The van der Waals surface area contributed by atoms with Crippen LogP contribution in [0.3, 0.4) is 0 Å².